The van der Waals surface area contributed by atoms with Crippen molar-refractivity contribution in [2.75, 3.05) is 20.3 Å². The predicted octanol–water partition coefficient (Wildman–Crippen LogP) is 7.81. The summed E-state index contributed by atoms with van der Waals surface area (Å²) in [5.74, 6) is -1.11. The Hall–Kier alpha value is -2.53. The highest BCUT2D eigenvalue weighted by molar-refractivity contribution is 6.99. The number of ether oxygens (including phenoxy) is 2. The molecule has 0 radical (unpaired) electrons. The zero-order valence-corrected chi connectivity index (χ0v) is 32.4. The molecule has 3 atom stereocenters. The summed E-state index contributed by atoms with van der Waals surface area (Å²) in [6, 6.07) is 21.2. The predicted molar refractivity (Wildman–Crippen MR) is 192 cm³/mol. The van der Waals surface area contributed by atoms with Crippen molar-refractivity contribution >= 4 is 38.9 Å². The lowest BCUT2D eigenvalue weighted by molar-refractivity contribution is -0.197. The number of hydrogen-bond acceptors (Lipinski definition) is 6. The molecular formula is C38H58O6Si2. The standard InChI is InChI=1S/C38H58O6Si2/c1-29-26-38(34(40)41-10,44-30(2)39)37(9,24-19-25-42-45(11,12)35(3,4)5)27-31(29)28-43-46(36(6,7)8,32-20-15-13-16-21-32)33-22-17-14-18-23-33/h13-18,20-23,27,29H,19,24-26,28H2,1-12H3/t29-,37-,38+/m0/s1. The van der Waals surface area contributed by atoms with Crippen molar-refractivity contribution in [3.8, 4) is 0 Å². The molecule has 0 N–H and O–H groups in total. The van der Waals surface area contributed by atoms with E-state index in [0.717, 1.165) is 5.57 Å². The number of benzene rings is 2. The van der Waals surface area contributed by atoms with Crippen molar-refractivity contribution in [2.45, 2.75) is 110 Å². The lowest BCUT2D eigenvalue weighted by Crippen LogP contribution is -2.67. The monoisotopic (exact) mass is 666 g/mol. The number of carbonyl (C=O) groups is 2. The first-order valence-electron chi connectivity index (χ1n) is 16.6. The van der Waals surface area contributed by atoms with Gasteiger partial charge in [-0.25, -0.2) is 4.79 Å². The Morgan fingerprint density at radius 2 is 1.39 bits per heavy atom. The summed E-state index contributed by atoms with van der Waals surface area (Å²) in [4.78, 5) is 26.2. The van der Waals surface area contributed by atoms with Crippen LogP contribution < -0.4 is 10.4 Å². The van der Waals surface area contributed by atoms with Crippen molar-refractivity contribution in [2.24, 2.45) is 11.3 Å². The second-order valence-corrected chi connectivity index (χ2v) is 24.9. The van der Waals surface area contributed by atoms with Crippen LogP contribution in [0, 0.1) is 11.3 Å². The van der Waals surface area contributed by atoms with Crippen molar-refractivity contribution in [1.29, 1.82) is 0 Å². The minimum atomic E-state index is -2.80. The molecule has 0 aromatic heterocycles. The number of esters is 2. The summed E-state index contributed by atoms with van der Waals surface area (Å²) >= 11 is 0. The Labute approximate surface area is 280 Å². The number of carbonyl (C=O) groups excluding carboxylic acids is 2. The molecule has 0 heterocycles. The van der Waals surface area contributed by atoms with E-state index < -0.39 is 39.6 Å². The molecule has 254 valence electrons. The van der Waals surface area contributed by atoms with Gasteiger partial charge in [-0.15, -0.1) is 0 Å². The molecule has 0 unspecified atom stereocenters. The van der Waals surface area contributed by atoms with E-state index in [1.165, 1.54) is 24.4 Å². The van der Waals surface area contributed by atoms with Gasteiger partial charge >= 0.3 is 11.9 Å². The molecular weight excluding hydrogens is 609 g/mol. The summed E-state index contributed by atoms with van der Waals surface area (Å²) in [5, 5.41) is 2.35. The lowest BCUT2D eigenvalue weighted by Gasteiger charge is -2.50. The molecule has 0 saturated heterocycles. The van der Waals surface area contributed by atoms with Gasteiger partial charge in [0.05, 0.1) is 13.7 Å². The topological polar surface area (TPSA) is 71.1 Å². The van der Waals surface area contributed by atoms with Gasteiger partial charge in [0.2, 0.25) is 5.60 Å². The summed E-state index contributed by atoms with van der Waals surface area (Å²) in [7, 11) is -3.39. The first-order chi connectivity index (χ1) is 21.3. The molecule has 0 spiro atoms. The lowest BCUT2D eigenvalue weighted by atomic mass is 9.61. The number of methoxy groups -OCH3 is 1. The van der Waals surface area contributed by atoms with E-state index in [2.05, 4.69) is 116 Å². The highest BCUT2D eigenvalue weighted by atomic mass is 28.4. The largest absolute Gasteiger partial charge is 0.466 e. The Bertz CT molecular complexity index is 1320. The van der Waals surface area contributed by atoms with Gasteiger partial charge in [0.25, 0.3) is 8.32 Å². The highest BCUT2D eigenvalue weighted by Crippen LogP contribution is 2.51. The third-order valence-corrected chi connectivity index (χ3v) is 20.0. The van der Waals surface area contributed by atoms with Gasteiger partial charge < -0.3 is 18.3 Å². The van der Waals surface area contributed by atoms with E-state index in [-0.39, 0.29) is 16.0 Å². The van der Waals surface area contributed by atoms with Gasteiger partial charge in [0, 0.05) is 25.4 Å². The maximum Gasteiger partial charge on any atom is 0.351 e. The second-order valence-electron chi connectivity index (χ2n) is 15.8. The average Bonchev–Trinajstić information content (AvgIpc) is 2.97. The molecule has 46 heavy (non-hydrogen) atoms. The fourth-order valence-corrected chi connectivity index (χ4v) is 12.4. The van der Waals surface area contributed by atoms with Crippen LogP contribution in [0.4, 0.5) is 0 Å². The van der Waals surface area contributed by atoms with Gasteiger partial charge in [-0.2, -0.15) is 0 Å². The minimum absolute atomic E-state index is 0.0896. The molecule has 1 aliphatic carbocycles. The third-order valence-electron chi connectivity index (χ3n) is 10.5. The van der Waals surface area contributed by atoms with E-state index >= 15 is 0 Å². The SMILES string of the molecule is COC(=O)[C@]1(OC(C)=O)C[C@H](C)C(CO[Si](c2ccccc2)(c2ccccc2)C(C)(C)C)=C[C@]1(C)CCCO[Si](C)(C)C(C)(C)C. The zero-order valence-electron chi connectivity index (χ0n) is 30.4. The fourth-order valence-electron chi connectivity index (χ4n) is 6.78. The van der Waals surface area contributed by atoms with Gasteiger partial charge in [-0.1, -0.05) is 122 Å². The van der Waals surface area contributed by atoms with Gasteiger partial charge in [-0.3, -0.25) is 4.79 Å². The van der Waals surface area contributed by atoms with Gasteiger partial charge in [0.15, 0.2) is 8.32 Å². The quantitative estimate of drug-likeness (QED) is 0.0996. The normalized spacial score (nSPS) is 22.6. The molecule has 8 heteroatoms. The van der Waals surface area contributed by atoms with Crippen molar-refractivity contribution in [3.63, 3.8) is 0 Å². The molecule has 0 bridgehead atoms. The first kappa shape index (κ1) is 37.9. The maximum atomic E-state index is 13.7. The first-order valence-corrected chi connectivity index (χ1v) is 21.5. The van der Waals surface area contributed by atoms with Crippen molar-refractivity contribution in [3.05, 3.63) is 72.3 Å². The molecule has 0 fully saturated rings. The molecule has 2 aromatic carbocycles. The van der Waals surface area contributed by atoms with E-state index in [9.17, 15) is 9.59 Å². The molecule has 6 nitrogen and oxygen atoms in total. The summed E-state index contributed by atoms with van der Waals surface area (Å²) in [5.41, 5.74) is -1.18. The summed E-state index contributed by atoms with van der Waals surface area (Å²) in [6.45, 7) is 24.4. The van der Waals surface area contributed by atoms with Crippen LogP contribution in [0.3, 0.4) is 0 Å². The van der Waals surface area contributed by atoms with E-state index in [1.807, 2.05) is 19.1 Å². The van der Waals surface area contributed by atoms with E-state index in [4.69, 9.17) is 18.3 Å². The van der Waals surface area contributed by atoms with Crippen LogP contribution >= 0.6 is 0 Å². The number of rotatable bonds is 12. The molecule has 0 saturated carbocycles. The van der Waals surface area contributed by atoms with Crippen LogP contribution in [0.5, 0.6) is 0 Å². The van der Waals surface area contributed by atoms with Crippen LogP contribution in [-0.4, -0.2) is 54.5 Å². The number of hydrogen-bond donors (Lipinski definition) is 0. The third kappa shape index (κ3) is 7.61. The summed E-state index contributed by atoms with van der Waals surface area (Å²) < 4.78 is 25.3. The Kier molecular flexibility index (Phi) is 11.8. The van der Waals surface area contributed by atoms with E-state index in [1.54, 1.807) is 0 Å². The van der Waals surface area contributed by atoms with Crippen molar-refractivity contribution < 1.29 is 27.9 Å². The molecule has 0 amide bonds. The van der Waals surface area contributed by atoms with Crippen LogP contribution in [0.25, 0.3) is 0 Å². The Morgan fingerprint density at radius 1 is 0.870 bits per heavy atom. The molecule has 3 rings (SSSR count). The zero-order chi connectivity index (χ0) is 34.6. The fraction of sp³-hybridized carbons (Fsp3) is 0.579. The maximum absolute atomic E-state index is 13.7. The second kappa shape index (κ2) is 14.3. The smallest absolute Gasteiger partial charge is 0.351 e. The Balaban J connectivity index is 2.09. The summed E-state index contributed by atoms with van der Waals surface area (Å²) in [6.07, 6.45) is 3.76. The van der Waals surface area contributed by atoms with Crippen molar-refractivity contribution in [1.82, 2.24) is 0 Å². The van der Waals surface area contributed by atoms with Gasteiger partial charge in [-0.05, 0) is 57.9 Å². The molecule has 1 aliphatic rings. The van der Waals surface area contributed by atoms with Crippen LogP contribution in [0.2, 0.25) is 23.2 Å². The van der Waals surface area contributed by atoms with E-state index in [0.29, 0.717) is 32.5 Å². The minimum Gasteiger partial charge on any atom is -0.466 e. The van der Waals surface area contributed by atoms with Crippen LogP contribution in [0.1, 0.15) is 81.6 Å². The Morgan fingerprint density at radius 3 is 1.83 bits per heavy atom. The van der Waals surface area contributed by atoms with Crippen LogP contribution in [-0.2, 0) is 27.9 Å². The van der Waals surface area contributed by atoms with Crippen LogP contribution in [0.15, 0.2) is 72.3 Å². The highest BCUT2D eigenvalue weighted by Gasteiger charge is 2.60. The molecule has 2 aromatic rings. The van der Waals surface area contributed by atoms with Gasteiger partial charge in [0.1, 0.15) is 0 Å². The average molecular weight is 667 g/mol. The molecule has 0 aliphatic heterocycles.